The van der Waals surface area contributed by atoms with Gasteiger partial charge in [0.25, 0.3) is 5.56 Å². The molecule has 0 amide bonds. The van der Waals surface area contributed by atoms with E-state index in [1.807, 2.05) is 38.1 Å². The first-order valence-corrected chi connectivity index (χ1v) is 13.0. The quantitative estimate of drug-likeness (QED) is 0.358. The summed E-state index contributed by atoms with van der Waals surface area (Å²) in [6, 6.07) is 7.39. The predicted octanol–water partition coefficient (Wildman–Crippen LogP) is 4.08. The monoisotopic (exact) mass is 519 g/mol. The van der Waals surface area contributed by atoms with Crippen molar-refractivity contribution in [2.75, 3.05) is 31.6 Å². The van der Waals surface area contributed by atoms with Crippen molar-refractivity contribution < 1.29 is 4.74 Å². The van der Waals surface area contributed by atoms with E-state index >= 15 is 0 Å². The van der Waals surface area contributed by atoms with Crippen molar-refractivity contribution >= 4 is 28.6 Å². The summed E-state index contributed by atoms with van der Waals surface area (Å²) in [5.74, 6) is 0.481. The topological polar surface area (TPSA) is 107 Å². The third-order valence-corrected chi connectivity index (χ3v) is 6.70. The number of ether oxygens (including phenoxy) is 1. The van der Waals surface area contributed by atoms with E-state index in [1.54, 1.807) is 23.2 Å². The molecule has 0 spiro atoms. The Balaban J connectivity index is 1.53. The minimum absolute atomic E-state index is 0.151. The number of benzene rings is 1. The molecule has 1 aliphatic heterocycles. The lowest BCUT2D eigenvalue weighted by Gasteiger charge is -2.23. The van der Waals surface area contributed by atoms with Crippen LogP contribution >= 0.6 is 11.6 Å². The van der Waals surface area contributed by atoms with E-state index in [0.717, 1.165) is 48.3 Å². The number of halogens is 1. The van der Waals surface area contributed by atoms with Crippen LogP contribution in [0.4, 0.5) is 5.95 Å². The molecule has 4 aromatic rings. The molecule has 192 valence electrons. The Hall–Kier alpha value is -3.40. The molecule has 1 fully saturated rings. The standard InChI is InChI=1S/C27H30ClN7O2/c1-3-31-27-32-14-19-11-22(21-7-6-18(12-23(21)28)24-16-30-13-17(2)33-24)26(36)35(25(19)34-27)9-10-37-20-5-4-8-29-15-20/h6-7,11-14,16,20,29H,3-5,8-10,15H2,1-2H3,(H,31,32,34). The molecule has 0 aliphatic carbocycles. The Morgan fingerprint density at radius 3 is 2.84 bits per heavy atom. The lowest BCUT2D eigenvalue weighted by molar-refractivity contribution is 0.0325. The van der Waals surface area contributed by atoms with Gasteiger partial charge in [0.15, 0.2) is 0 Å². The number of nitrogens with zero attached hydrogens (tertiary/aromatic N) is 5. The van der Waals surface area contributed by atoms with Crippen molar-refractivity contribution in [2.45, 2.75) is 39.3 Å². The highest BCUT2D eigenvalue weighted by atomic mass is 35.5. The summed E-state index contributed by atoms with van der Waals surface area (Å²) in [7, 11) is 0. The van der Waals surface area contributed by atoms with Crippen LogP contribution in [0.2, 0.25) is 5.02 Å². The van der Waals surface area contributed by atoms with Gasteiger partial charge >= 0.3 is 0 Å². The van der Waals surface area contributed by atoms with Crippen molar-refractivity contribution in [3.05, 3.63) is 63.9 Å². The highest BCUT2D eigenvalue weighted by molar-refractivity contribution is 6.33. The van der Waals surface area contributed by atoms with Gasteiger partial charge in [0, 0.05) is 52.6 Å². The first-order valence-electron chi connectivity index (χ1n) is 12.6. The van der Waals surface area contributed by atoms with Crippen LogP contribution in [0, 0.1) is 6.92 Å². The van der Waals surface area contributed by atoms with Gasteiger partial charge in [0.2, 0.25) is 5.95 Å². The first-order chi connectivity index (χ1) is 18.0. The summed E-state index contributed by atoms with van der Waals surface area (Å²) < 4.78 is 7.76. The van der Waals surface area contributed by atoms with Gasteiger partial charge in [-0.3, -0.25) is 14.3 Å². The second-order valence-electron chi connectivity index (χ2n) is 9.10. The molecule has 9 nitrogen and oxygen atoms in total. The molecule has 0 bridgehead atoms. The lowest BCUT2D eigenvalue weighted by Crippen LogP contribution is -2.36. The number of fused-ring (bicyclic) bond motifs is 1. The normalized spacial score (nSPS) is 15.7. The van der Waals surface area contributed by atoms with Gasteiger partial charge in [-0.25, -0.2) is 9.97 Å². The fourth-order valence-corrected chi connectivity index (χ4v) is 4.85. The van der Waals surface area contributed by atoms with Crippen LogP contribution in [0.15, 0.2) is 47.7 Å². The molecule has 1 unspecified atom stereocenters. The van der Waals surface area contributed by atoms with Gasteiger partial charge in [-0.2, -0.15) is 4.98 Å². The molecule has 5 rings (SSSR count). The average molecular weight is 520 g/mol. The smallest absolute Gasteiger partial charge is 0.260 e. The summed E-state index contributed by atoms with van der Waals surface area (Å²) in [6.45, 7) is 7.17. The minimum Gasteiger partial charge on any atom is -0.375 e. The molecule has 1 saturated heterocycles. The van der Waals surface area contributed by atoms with Gasteiger partial charge in [-0.1, -0.05) is 23.7 Å². The predicted molar refractivity (Wildman–Crippen MR) is 146 cm³/mol. The van der Waals surface area contributed by atoms with Gasteiger partial charge in [0.1, 0.15) is 5.65 Å². The molecular formula is C27H30ClN7O2. The number of hydrogen-bond donors (Lipinski definition) is 2. The Labute approximate surface area is 220 Å². The van der Waals surface area contributed by atoms with Crippen molar-refractivity contribution in [3.63, 3.8) is 0 Å². The molecule has 0 radical (unpaired) electrons. The SMILES string of the molecule is CCNc1ncc2cc(-c3ccc(-c4cncc(C)n4)cc3Cl)c(=O)n(CCOC3CCCNC3)c2n1. The Morgan fingerprint density at radius 1 is 1.19 bits per heavy atom. The van der Waals surface area contributed by atoms with Crippen LogP contribution in [-0.2, 0) is 11.3 Å². The zero-order chi connectivity index (χ0) is 25.8. The van der Waals surface area contributed by atoms with Crippen LogP contribution < -0.4 is 16.2 Å². The number of pyridine rings is 1. The van der Waals surface area contributed by atoms with Gasteiger partial charge < -0.3 is 15.4 Å². The zero-order valence-electron chi connectivity index (χ0n) is 21.0. The van der Waals surface area contributed by atoms with Crippen LogP contribution in [0.25, 0.3) is 33.4 Å². The van der Waals surface area contributed by atoms with E-state index < -0.39 is 0 Å². The van der Waals surface area contributed by atoms with E-state index in [-0.39, 0.29) is 11.7 Å². The molecule has 4 heterocycles. The van der Waals surface area contributed by atoms with Gasteiger partial charge in [-0.15, -0.1) is 0 Å². The van der Waals surface area contributed by atoms with Crippen LogP contribution in [0.1, 0.15) is 25.5 Å². The molecule has 2 N–H and O–H groups in total. The molecule has 10 heteroatoms. The molecule has 1 aliphatic rings. The summed E-state index contributed by atoms with van der Waals surface area (Å²) in [5, 5.41) is 7.69. The number of aryl methyl sites for hydroxylation is 1. The highest BCUT2D eigenvalue weighted by Gasteiger charge is 2.18. The second kappa shape index (κ2) is 11.3. The maximum atomic E-state index is 13.8. The van der Waals surface area contributed by atoms with Crippen LogP contribution in [-0.4, -0.2) is 56.8 Å². The first kappa shape index (κ1) is 25.3. The van der Waals surface area contributed by atoms with Crippen molar-refractivity contribution in [2.24, 2.45) is 0 Å². The van der Waals surface area contributed by atoms with Crippen LogP contribution in [0.5, 0.6) is 0 Å². The Morgan fingerprint density at radius 2 is 2.08 bits per heavy atom. The Bertz CT molecular complexity index is 1470. The highest BCUT2D eigenvalue weighted by Crippen LogP contribution is 2.31. The maximum Gasteiger partial charge on any atom is 0.260 e. The molecular weight excluding hydrogens is 490 g/mol. The lowest BCUT2D eigenvalue weighted by atomic mass is 10.0. The van der Waals surface area contributed by atoms with E-state index in [2.05, 4.69) is 30.6 Å². The molecule has 0 saturated carbocycles. The average Bonchev–Trinajstić information content (AvgIpc) is 2.91. The maximum absolute atomic E-state index is 13.8. The Kier molecular flexibility index (Phi) is 7.73. The number of nitrogens with one attached hydrogen (secondary N) is 2. The number of aromatic nitrogens is 5. The number of anilines is 1. The number of rotatable bonds is 8. The summed E-state index contributed by atoms with van der Waals surface area (Å²) in [5.41, 5.74) is 3.88. The third kappa shape index (κ3) is 5.64. The molecule has 1 aromatic carbocycles. The fourth-order valence-electron chi connectivity index (χ4n) is 4.57. The van der Waals surface area contributed by atoms with Crippen molar-refractivity contribution in [3.8, 4) is 22.4 Å². The largest absolute Gasteiger partial charge is 0.375 e. The van der Waals surface area contributed by atoms with Crippen molar-refractivity contribution in [1.29, 1.82) is 0 Å². The van der Waals surface area contributed by atoms with E-state index in [4.69, 9.17) is 16.3 Å². The van der Waals surface area contributed by atoms with E-state index in [1.165, 1.54) is 0 Å². The summed E-state index contributed by atoms with van der Waals surface area (Å²) >= 11 is 6.73. The summed E-state index contributed by atoms with van der Waals surface area (Å²) in [6.07, 6.45) is 7.39. The van der Waals surface area contributed by atoms with Gasteiger partial charge in [0.05, 0.1) is 36.8 Å². The van der Waals surface area contributed by atoms with E-state index in [9.17, 15) is 4.79 Å². The third-order valence-electron chi connectivity index (χ3n) is 6.39. The summed E-state index contributed by atoms with van der Waals surface area (Å²) in [4.78, 5) is 31.6. The molecule has 37 heavy (non-hydrogen) atoms. The zero-order valence-corrected chi connectivity index (χ0v) is 21.8. The van der Waals surface area contributed by atoms with Crippen molar-refractivity contribution in [1.82, 2.24) is 29.8 Å². The fraction of sp³-hybridized carbons (Fsp3) is 0.370. The molecule has 1 atom stereocenters. The van der Waals surface area contributed by atoms with Crippen LogP contribution in [0.3, 0.4) is 0 Å². The minimum atomic E-state index is -0.177. The van der Waals surface area contributed by atoms with E-state index in [0.29, 0.717) is 47.4 Å². The van der Waals surface area contributed by atoms with Gasteiger partial charge in [-0.05, 0) is 45.4 Å². The second-order valence-corrected chi connectivity index (χ2v) is 9.50. The molecule has 3 aromatic heterocycles. The number of hydrogen-bond acceptors (Lipinski definition) is 8. The number of piperidine rings is 1.